The number of aromatic nitrogens is 2. The van der Waals surface area contributed by atoms with Crippen LogP contribution in [0.5, 0.6) is 0 Å². The molecule has 13 heavy (non-hydrogen) atoms. The maximum atomic E-state index is 11.5. The molecule has 5 heteroatoms. The second-order valence-electron chi connectivity index (χ2n) is 3.22. The lowest BCUT2D eigenvalue weighted by Gasteiger charge is -2.27. The van der Waals surface area contributed by atoms with Crippen molar-refractivity contribution < 1.29 is 4.79 Å². The third kappa shape index (κ3) is 1.55. The molecule has 1 fully saturated rings. The molecule has 1 aliphatic heterocycles. The van der Waals surface area contributed by atoms with Gasteiger partial charge in [0.05, 0.1) is 18.6 Å². The molecule has 0 radical (unpaired) electrons. The van der Waals surface area contributed by atoms with Gasteiger partial charge in [-0.15, -0.1) is 0 Å². The Balaban J connectivity index is 2.00. The van der Waals surface area contributed by atoms with Gasteiger partial charge in [0.15, 0.2) is 0 Å². The molecule has 1 aromatic heterocycles. The first kappa shape index (κ1) is 8.25. The summed E-state index contributed by atoms with van der Waals surface area (Å²) < 4.78 is 1.71. The molecular formula is C8H12N4O. The Morgan fingerprint density at radius 2 is 2.54 bits per heavy atom. The van der Waals surface area contributed by atoms with E-state index in [2.05, 4.69) is 15.6 Å². The van der Waals surface area contributed by atoms with Gasteiger partial charge in [-0.25, -0.2) is 4.98 Å². The summed E-state index contributed by atoms with van der Waals surface area (Å²) in [6, 6.07) is 0.280. The average Bonchev–Trinajstić information content (AvgIpc) is 2.43. The molecule has 1 aliphatic rings. The Kier molecular flexibility index (Phi) is 2.02. The first-order chi connectivity index (χ1) is 6.27. The normalized spacial score (nSPS) is 16.7. The maximum absolute atomic E-state index is 11.5. The molecule has 5 nitrogen and oxygen atoms in total. The summed E-state index contributed by atoms with van der Waals surface area (Å²) in [5.74, 6) is -0.0495. The lowest BCUT2D eigenvalue weighted by molar-refractivity contribution is 0.0915. The van der Waals surface area contributed by atoms with Crippen LogP contribution in [0.25, 0.3) is 0 Å². The molecule has 0 atom stereocenters. The van der Waals surface area contributed by atoms with Crippen LogP contribution in [0.15, 0.2) is 12.5 Å². The van der Waals surface area contributed by atoms with Crippen LogP contribution >= 0.6 is 0 Å². The van der Waals surface area contributed by atoms with Crippen molar-refractivity contribution in [2.75, 3.05) is 13.1 Å². The van der Waals surface area contributed by atoms with Crippen LogP contribution in [0.4, 0.5) is 0 Å². The Morgan fingerprint density at radius 1 is 1.77 bits per heavy atom. The number of nitrogens with one attached hydrogen (secondary N) is 2. The Bertz CT molecular complexity index is 316. The predicted octanol–water partition coefficient (Wildman–Crippen LogP) is -0.878. The van der Waals surface area contributed by atoms with Crippen LogP contribution in [0, 0.1) is 0 Å². The number of hydrogen-bond acceptors (Lipinski definition) is 3. The maximum Gasteiger partial charge on any atom is 0.269 e. The van der Waals surface area contributed by atoms with E-state index in [0.717, 1.165) is 13.1 Å². The largest absolute Gasteiger partial charge is 0.345 e. The minimum absolute atomic E-state index is 0.0495. The fourth-order valence-corrected chi connectivity index (χ4v) is 1.23. The molecule has 0 aliphatic carbocycles. The molecule has 0 unspecified atom stereocenters. The van der Waals surface area contributed by atoms with Gasteiger partial charge in [-0.1, -0.05) is 0 Å². The van der Waals surface area contributed by atoms with Crippen LogP contribution in [0.2, 0.25) is 0 Å². The molecule has 1 amide bonds. The predicted molar refractivity (Wildman–Crippen MR) is 47.3 cm³/mol. The van der Waals surface area contributed by atoms with Gasteiger partial charge in [-0.3, -0.25) is 4.79 Å². The van der Waals surface area contributed by atoms with E-state index in [0.29, 0.717) is 5.69 Å². The van der Waals surface area contributed by atoms with Crippen molar-refractivity contribution in [1.29, 1.82) is 0 Å². The fourth-order valence-electron chi connectivity index (χ4n) is 1.23. The second kappa shape index (κ2) is 3.18. The molecule has 0 bridgehead atoms. The number of amides is 1. The molecule has 2 rings (SSSR count). The molecule has 2 N–H and O–H groups in total. The lowest BCUT2D eigenvalue weighted by Crippen LogP contribution is -2.57. The standard InChI is InChI=1S/C8H12N4O/c1-12-5-10-4-7(12)8(13)11-6-2-9-3-6/h4-6,9H,2-3H2,1H3,(H,11,13). The molecular weight excluding hydrogens is 168 g/mol. The number of nitrogens with zero attached hydrogens (tertiary/aromatic N) is 2. The van der Waals surface area contributed by atoms with E-state index in [4.69, 9.17) is 0 Å². The van der Waals surface area contributed by atoms with E-state index in [9.17, 15) is 4.79 Å². The minimum atomic E-state index is -0.0495. The van der Waals surface area contributed by atoms with Gasteiger partial charge >= 0.3 is 0 Å². The Morgan fingerprint density at radius 3 is 3.00 bits per heavy atom. The third-order valence-electron chi connectivity index (χ3n) is 2.17. The highest BCUT2D eigenvalue weighted by Gasteiger charge is 2.20. The summed E-state index contributed by atoms with van der Waals surface area (Å²) in [5, 5.41) is 5.99. The number of rotatable bonds is 2. The highest BCUT2D eigenvalue weighted by Crippen LogP contribution is 1.98. The Labute approximate surface area is 76.2 Å². The third-order valence-corrected chi connectivity index (χ3v) is 2.17. The van der Waals surface area contributed by atoms with Crippen molar-refractivity contribution in [3.05, 3.63) is 18.2 Å². The van der Waals surface area contributed by atoms with Crippen LogP contribution < -0.4 is 10.6 Å². The van der Waals surface area contributed by atoms with Gasteiger partial charge < -0.3 is 15.2 Å². The van der Waals surface area contributed by atoms with E-state index in [1.54, 1.807) is 24.1 Å². The summed E-state index contributed by atoms with van der Waals surface area (Å²) in [4.78, 5) is 15.4. The van der Waals surface area contributed by atoms with Gasteiger partial charge in [-0.2, -0.15) is 0 Å². The van der Waals surface area contributed by atoms with Crippen molar-refractivity contribution in [3.8, 4) is 0 Å². The average molecular weight is 180 g/mol. The highest BCUT2D eigenvalue weighted by molar-refractivity contribution is 5.92. The second-order valence-corrected chi connectivity index (χ2v) is 3.22. The van der Waals surface area contributed by atoms with Gasteiger partial charge in [0.2, 0.25) is 0 Å². The van der Waals surface area contributed by atoms with E-state index >= 15 is 0 Å². The first-order valence-corrected chi connectivity index (χ1v) is 4.25. The number of carbonyl (C=O) groups is 1. The number of imidazole rings is 1. The van der Waals surface area contributed by atoms with E-state index in [1.807, 2.05) is 0 Å². The van der Waals surface area contributed by atoms with E-state index in [-0.39, 0.29) is 11.9 Å². The summed E-state index contributed by atoms with van der Waals surface area (Å²) in [6.07, 6.45) is 3.19. The van der Waals surface area contributed by atoms with Crippen molar-refractivity contribution in [1.82, 2.24) is 20.2 Å². The fraction of sp³-hybridized carbons (Fsp3) is 0.500. The van der Waals surface area contributed by atoms with Gasteiger partial charge in [0.25, 0.3) is 5.91 Å². The number of hydrogen-bond donors (Lipinski definition) is 2. The topological polar surface area (TPSA) is 59.0 Å². The van der Waals surface area contributed by atoms with Gasteiger partial charge in [-0.05, 0) is 0 Å². The monoisotopic (exact) mass is 180 g/mol. The van der Waals surface area contributed by atoms with Gasteiger partial charge in [0, 0.05) is 20.1 Å². The minimum Gasteiger partial charge on any atom is -0.345 e. The molecule has 0 spiro atoms. The number of carbonyl (C=O) groups excluding carboxylic acids is 1. The molecule has 0 saturated carbocycles. The highest BCUT2D eigenvalue weighted by atomic mass is 16.2. The Hall–Kier alpha value is -1.36. The van der Waals surface area contributed by atoms with Crippen molar-refractivity contribution in [2.24, 2.45) is 7.05 Å². The van der Waals surface area contributed by atoms with Crippen LogP contribution in [0.3, 0.4) is 0 Å². The van der Waals surface area contributed by atoms with Crippen molar-refractivity contribution >= 4 is 5.91 Å². The van der Waals surface area contributed by atoms with Crippen LogP contribution in [0.1, 0.15) is 10.5 Å². The summed E-state index contributed by atoms with van der Waals surface area (Å²) in [6.45, 7) is 1.73. The quantitative estimate of drug-likeness (QED) is 0.621. The summed E-state index contributed by atoms with van der Waals surface area (Å²) in [5.41, 5.74) is 0.604. The van der Waals surface area contributed by atoms with Crippen LogP contribution in [-0.2, 0) is 7.05 Å². The van der Waals surface area contributed by atoms with E-state index in [1.165, 1.54) is 0 Å². The first-order valence-electron chi connectivity index (χ1n) is 4.25. The SMILES string of the molecule is Cn1cncc1C(=O)NC1CNC1. The van der Waals surface area contributed by atoms with Crippen molar-refractivity contribution in [3.63, 3.8) is 0 Å². The molecule has 0 aromatic carbocycles. The molecule has 2 heterocycles. The smallest absolute Gasteiger partial charge is 0.269 e. The summed E-state index contributed by atoms with van der Waals surface area (Å²) >= 11 is 0. The zero-order chi connectivity index (χ0) is 9.26. The zero-order valence-electron chi connectivity index (χ0n) is 7.45. The molecule has 1 saturated heterocycles. The molecule has 70 valence electrons. The van der Waals surface area contributed by atoms with Gasteiger partial charge in [0.1, 0.15) is 5.69 Å². The summed E-state index contributed by atoms with van der Waals surface area (Å²) in [7, 11) is 1.81. The van der Waals surface area contributed by atoms with E-state index < -0.39 is 0 Å². The zero-order valence-corrected chi connectivity index (χ0v) is 7.45. The number of aryl methyl sites for hydroxylation is 1. The van der Waals surface area contributed by atoms with Crippen LogP contribution in [-0.4, -0.2) is 34.6 Å². The van der Waals surface area contributed by atoms with Crippen molar-refractivity contribution in [2.45, 2.75) is 6.04 Å². The molecule has 1 aromatic rings. The lowest BCUT2D eigenvalue weighted by atomic mass is 10.2.